The van der Waals surface area contributed by atoms with Gasteiger partial charge in [-0.3, -0.25) is 5.21 Å². The zero-order valence-corrected chi connectivity index (χ0v) is 7.69. The molecule has 0 bridgehead atoms. The molecule has 1 aliphatic heterocycles. The van der Waals surface area contributed by atoms with Crippen molar-refractivity contribution in [3.05, 3.63) is 28.0 Å². The van der Waals surface area contributed by atoms with Crippen molar-refractivity contribution in [2.75, 3.05) is 0 Å². The summed E-state index contributed by atoms with van der Waals surface area (Å²) in [5, 5.41) is 13.6. The molecule has 0 radical (unpaired) electrons. The van der Waals surface area contributed by atoms with E-state index in [-0.39, 0.29) is 0 Å². The van der Waals surface area contributed by atoms with E-state index in [1.807, 2.05) is 12.1 Å². The summed E-state index contributed by atoms with van der Waals surface area (Å²) >= 11 is 3.26. The Morgan fingerprint density at radius 3 is 3.17 bits per heavy atom. The number of aromatic nitrogens is 1. The zero-order chi connectivity index (χ0) is 8.55. The van der Waals surface area contributed by atoms with Crippen LogP contribution in [0, 0.1) is 0 Å². The lowest BCUT2D eigenvalue weighted by molar-refractivity contribution is -0.0992. The molecule has 0 atom stereocenters. The summed E-state index contributed by atoms with van der Waals surface area (Å²) in [6.45, 7) is 0.395. The van der Waals surface area contributed by atoms with Crippen LogP contribution < -0.4 is 0 Å². The Morgan fingerprint density at radius 2 is 2.33 bits per heavy atom. The van der Waals surface area contributed by atoms with E-state index in [9.17, 15) is 0 Å². The number of halogens is 1. The molecule has 1 aliphatic rings. The number of fused-ring (bicyclic) bond motifs is 1. The summed E-state index contributed by atoms with van der Waals surface area (Å²) in [5.41, 5.74) is 1.77. The van der Waals surface area contributed by atoms with E-state index >= 15 is 0 Å². The lowest BCUT2D eigenvalue weighted by Gasteiger charge is -2.16. The second-order valence-electron chi connectivity index (χ2n) is 2.45. The molecular weight excluding hydrogens is 222 g/mol. The lowest BCUT2D eigenvalue weighted by Crippen LogP contribution is -2.18. The van der Waals surface area contributed by atoms with E-state index in [0.717, 1.165) is 21.0 Å². The van der Waals surface area contributed by atoms with E-state index in [4.69, 9.17) is 5.21 Å². The van der Waals surface area contributed by atoms with Gasteiger partial charge in [-0.25, -0.2) is 4.98 Å². The number of hydroxylamine groups is 1. The molecule has 2 rings (SSSR count). The Hall–Kier alpha value is -0.940. The first kappa shape index (κ1) is 7.70. The van der Waals surface area contributed by atoms with Crippen molar-refractivity contribution < 1.29 is 5.21 Å². The molecule has 1 aromatic heterocycles. The van der Waals surface area contributed by atoms with Gasteiger partial charge in [0, 0.05) is 5.56 Å². The van der Waals surface area contributed by atoms with E-state index in [1.54, 1.807) is 0 Å². The molecule has 0 aliphatic carbocycles. The molecule has 0 amide bonds. The summed E-state index contributed by atoms with van der Waals surface area (Å²) in [5.74, 6) is 0. The molecular formula is C7H6BrN3O. The van der Waals surface area contributed by atoms with Gasteiger partial charge < -0.3 is 0 Å². The number of hydrogen-bond donors (Lipinski definition) is 1. The third-order valence-electron chi connectivity index (χ3n) is 1.60. The monoisotopic (exact) mass is 227 g/mol. The highest BCUT2D eigenvalue weighted by molar-refractivity contribution is 9.10. The Labute approximate surface area is 77.6 Å². The van der Waals surface area contributed by atoms with Crippen LogP contribution >= 0.6 is 15.9 Å². The van der Waals surface area contributed by atoms with Crippen molar-refractivity contribution in [1.29, 1.82) is 0 Å². The normalized spacial score (nSPS) is 14.7. The van der Waals surface area contributed by atoms with Gasteiger partial charge in [0.2, 0.25) is 0 Å². The molecule has 0 saturated carbocycles. The van der Waals surface area contributed by atoms with Crippen LogP contribution in [0.15, 0.2) is 21.8 Å². The van der Waals surface area contributed by atoms with Gasteiger partial charge >= 0.3 is 0 Å². The molecule has 0 aromatic carbocycles. The Bertz CT molecular complexity index is 339. The first-order valence-electron chi connectivity index (χ1n) is 3.41. The summed E-state index contributed by atoms with van der Waals surface area (Å²) in [6.07, 6.45) is 1.53. The van der Waals surface area contributed by atoms with Gasteiger partial charge in [-0.1, -0.05) is 6.07 Å². The van der Waals surface area contributed by atoms with Crippen LogP contribution in [0.4, 0.5) is 0 Å². The minimum absolute atomic E-state index is 0.395. The average molecular weight is 228 g/mol. The summed E-state index contributed by atoms with van der Waals surface area (Å²) in [4.78, 5) is 4.18. The lowest BCUT2D eigenvalue weighted by atomic mass is 10.2. The maximum Gasteiger partial charge on any atom is 0.106 e. The van der Waals surface area contributed by atoms with Crippen LogP contribution in [-0.2, 0) is 6.54 Å². The SMILES string of the molecule is ON1Cc2ccc(Br)nc2C=N1. The van der Waals surface area contributed by atoms with Crippen molar-refractivity contribution in [2.24, 2.45) is 5.10 Å². The van der Waals surface area contributed by atoms with Crippen molar-refractivity contribution in [3.8, 4) is 0 Å². The standard InChI is InChI=1S/C7H6BrN3O/c8-7-2-1-5-4-11(12)9-3-6(5)10-7/h1-3,12H,4H2. The molecule has 0 saturated heterocycles. The molecule has 1 N–H and O–H groups in total. The molecule has 62 valence electrons. The van der Waals surface area contributed by atoms with Crippen LogP contribution in [0.25, 0.3) is 0 Å². The predicted molar refractivity (Wildman–Crippen MR) is 46.9 cm³/mol. The predicted octanol–water partition coefficient (Wildman–Crippen LogP) is 1.38. The van der Waals surface area contributed by atoms with Gasteiger partial charge in [-0.2, -0.15) is 10.3 Å². The molecule has 0 unspecified atom stereocenters. The molecule has 5 heteroatoms. The van der Waals surface area contributed by atoms with Crippen molar-refractivity contribution in [3.63, 3.8) is 0 Å². The Morgan fingerprint density at radius 1 is 1.50 bits per heavy atom. The number of pyridine rings is 1. The van der Waals surface area contributed by atoms with Crippen LogP contribution in [0.2, 0.25) is 0 Å². The fraction of sp³-hybridized carbons (Fsp3) is 0.143. The Balaban J connectivity index is 2.47. The molecule has 0 fully saturated rings. The molecule has 1 aromatic rings. The fourth-order valence-electron chi connectivity index (χ4n) is 1.04. The average Bonchev–Trinajstić information content (AvgIpc) is 2.05. The smallest absolute Gasteiger partial charge is 0.106 e. The molecule has 2 heterocycles. The van der Waals surface area contributed by atoms with Gasteiger partial charge in [0.05, 0.1) is 18.5 Å². The molecule has 4 nitrogen and oxygen atoms in total. The quantitative estimate of drug-likeness (QED) is 0.682. The van der Waals surface area contributed by atoms with Crippen LogP contribution in [-0.4, -0.2) is 21.6 Å². The molecule has 0 spiro atoms. The first-order valence-corrected chi connectivity index (χ1v) is 4.21. The van der Waals surface area contributed by atoms with Crippen LogP contribution in [0.5, 0.6) is 0 Å². The minimum atomic E-state index is 0.395. The highest BCUT2D eigenvalue weighted by atomic mass is 79.9. The van der Waals surface area contributed by atoms with Crippen LogP contribution in [0.1, 0.15) is 11.3 Å². The second-order valence-corrected chi connectivity index (χ2v) is 3.27. The van der Waals surface area contributed by atoms with Crippen molar-refractivity contribution in [1.82, 2.24) is 10.2 Å². The first-order chi connectivity index (χ1) is 5.75. The number of hydrazone groups is 1. The highest BCUT2D eigenvalue weighted by Gasteiger charge is 2.10. The van der Waals surface area contributed by atoms with Gasteiger partial charge in [0.25, 0.3) is 0 Å². The zero-order valence-electron chi connectivity index (χ0n) is 6.11. The number of rotatable bonds is 0. The highest BCUT2D eigenvalue weighted by Crippen LogP contribution is 2.15. The topological polar surface area (TPSA) is 48.7 Å². The van der Waals surface area contributed by atoms with Gasteiger partial charge in [0.1, 0.15) is 4.60 Å². The summed E-state index contributed by atoms with van der Waals surface area (Å²) in [6, 6.07) is 3.74. The van der Waals surface area contributed by atoms with E-state index in [1.165, 1.54) is 6.21 Å². The number of hydrogen-bond acceptors (Lipinski definition) is 4. The van der Waals surface area contributed by atoms with Crippen molar-refractivity contribution >= 4 is 22.1 Å². The van der Waals surface area contributed by atoms with Gasteiger partial charge in [0.15, 0.2) is 0 Å². The minimum Gasteiger partial charge on any atom is -0.271 e. The Kier molecular flexibility index (Phi) is 1.82. The van der Waals surface area contributed by atoms with Crippen molar-refractivity contribution in [2.45, 2.75) is 6.54 Å². The summed E-state index contributed by atoms with van der Waals surface area (Å²) < 4.78 is 0.777. The summed E-state index contributed by atoms with van der Waals surface area (Å²) in [7, 11) is 0. The van der Waals surface area contributed by atoms with E-state index < -0.39 is 0 Å². The third kappa shape index (κ3) is 1.33. The third-order valence-corrected chi connectivity index (χ3v) is 2.05. The van der Waals surface area contributed by atoms with Crippen LogP contribution in [0.3, 0.4) is 0 Å². The van der Waals surface area contributed by atoms with Gasteiger partial charge in [-0.15, -0.1) is 0 Å². The maximum atomic E-state index is 9.02. The number of nitrogens with zero attached hydrogens (tertiary/aromatic N) is 3. The van der Waals surface area contributed by atoms with E-state index in [2.05, 4.69) is 26.0 Å². The molecule has 12 heavy (non-hydrogen) atoms. The van der Waals surface area contributed by atoms with E-state index in [0.29, 0.717) is 6.54 Å². The second kappa shape index (κ2) is 2.84. The fourth-order valence-corrected chi connectivity index (χ4v) is 1.36. The largest absolute Gasteiger partial charge is 0.271 e. The van der Waals surface area contributed by atoms with Gasteiger partial charge in [-0.05, 0) is 22.0 Å². The maximum absolute atomic E-state index is 9.02.